The molecule has 0 spiro atoms. The number of benzene rings is 1. The zero-order chi connectivity index (χ0) is 13.3. The van der Waals surface area contributed by atoms with Crippen LogP contribution in [0.3, 0.4) is 0 Å². The van der Waals surface area contributed by atoms with Crippen molar-refractivity contribution in [3.05, 3.63) is 34.4 Å². The Morgan fingerprint density at radius 2 is 1.72 bits per heavy atom. The van der Waals surface area contributed by atoms with E-state index in [1.54, 1.807) is 0 Å². The molecule has 0 unspecified atom stereocenters. The Morgan fingerprint density at radius 3 is 2.22 bits per heavy atom. The molecule has 0 aliphatic heterocycles. The van der Waals surface area contributed by atoms with Gasteiger partial charge in [0.1, 0.15) is 0 Å². The largest absolute Gasteiger partial charge is 0.324 e. The number of nitrogens with zero attached hydrogens (tertiary/aromatic N) is 1. The first-order chi connectivity index (χ1) is 8.39. The van der Waals surface area contributed by atoms with Gasteiger partial charge in [0.05, 0.1) is 0 Å². The molecule has 18 heavy (non-hydrogen) atoms. The standard InChI is InChI=1S/C16H26N2/c1-12-9-13(2)15(14(3)10-12)5-8-18(4)11-16(17)6-7-16/h9-10H,5-8,11,17H2,1-4H3. The first-order valence-electron chi connectivity index (χ1n) is 6.94. The topological polar surface area (TPSA) is 29.3 Å². The van der Waals surface area contributed by atoms with Crippen LogP contribution in [0.5, 0.6) is 0 Å². The lowest BCUT2D eigenvalue weighted by molar-refractivity contribution is 0.306. The highest BCUT2D eigenvalue weighted by Crippen LogP contribution is 2.32. The molecule has 2 N–H and O–H groups in total. The number of hydrogen-bond donors (Lipinski definition) is 1. The average molecular weight is 246 g/mol. The highest BCUT2D eigenvalue weighted by molar-refractivity contribution is 5.37. The van der Waals surface area contributed by atoms with E-state index in [-0.39, 0.29) is 5.54 Å². The Bertz CT molecular complexity index is 410. The lowest BCUT2D eigenvalue weighted by Gasteiger charge is -2.21. The van der Waals surface area contributed by atoms with Gasteiger partial charge in [-0.25, -0.2) is 0 Å². The molecule has 0 saturated heterocycles. The van der Waals surface area contributed by atoms with E-state index in [0.29, 0.717) is 0 Å². The van der Waals surface area contributed by atoms with Gasteiger partial charge in [-0.2, -0.15) is 0 Å². The summed E-state index contributed by atoms with van der Waals surface area (Å²) in [6.07, 6.45) is 3.52. The molecule has 0 amide bonds. The molecule has 1 saturated carbocycles. The molecule has 1 aliphatic carbocycles. The lowest BCUT2D eigenvalue weighted by atomic mass is 9.97. The Labute approximate surface area is 111 Å². The number of aryl methyl sites for hydroxylation is 3. The van der Waals surface area contributed by atoms with Gasteiger partial charge in [0.15, 0.2) is 0 Å². The summed E-state index contributed by atoms with van der Waals surface area (Å²) in [4.78, 5) is 2.38. The molecule has 2 nitrogen and oxygen atoms in total. The van der Waals surface area contributed by atoms with E-state index in [9.17, 15) is 0 Å². The summed E-state index contributed by atoms with van der Waals surface area (Å²) in [5, 5.41) is 0. The average Bonchev–Trinajstić information content (AvgIpc) is 2.94. The molecule has 2 heteroatoms. The summed E-state index contributed by atoms with van der Waals surface area (Å²) >= 11 is 0. The predicted octanol–water partition coefficient (Wildman–Crippen LogP) is 2.58. The monoisotopic (exact) mass is 246 g/mol. The van der Waals surface area contributed by atoms with Crippen LogP contribution in [0.1, 0.15) is 35.1 Å². The fourth-order valence-electron chi connectivity index (χ4n) is 2.84. The van der Waals surface area contributed by atoms with Crippen LogP contribution in [0.2, 0.25) is 0 Å². The van der Waals surface area contributed by atoms with Gasteiger partial charge in [-0.05, 0) is 63.8 Å². The summed E-state index contributed by atoms with van der Waals surface area (Å²) in [6.45, 7) is 8.75. The van der Waals surface area contributed by atoms with Crippen LogP contribution in [-0.4, -0.2) is 30.6 Å². The van der Waals surface area contributed by atoms with Crippen molar-refractivity contribution in [1.82, 2.24) is 4.90 Å². The third-order valence-corrected chi connectivity index (χ3v) is 4.06. The number of nitrogens with two attached hydrogens (primary N) is 1. The second kappa shape index (κ2) is 5.02. The van der Waals surface area contributed by atoms with Gasteiger partial charge in [-0.15, -0.1) is 0 Å². The minimum absolute atomic E-state index is 0.131. The molecule has 1 aliphatic rings. The molecule has 1 aromatic carbocycles. The maximum atomic E-state index is 6.15. The molecule has 0 radical (unpaired) electrons. The fraction of sp³-hybridized carbons (Fsp3) is 0.625. The second-order valence-corrected chi connectivity index (χ2v) is 6.23. The summed E-state index contributed by atoms with van der Waals surface area (Å²) in [5.41, 5.74) is 12.0. The Balaban J connectivity index is 1.93. The Hall–Kier alpha value is -0.860. The molecule has 2 rings (SSSR count). The zero-order valence-corrected chi connectivity index (χ0v) is 12.2. The van der Waals surface area contributed by atoms with Crippen molar-refractivity contribution < 1.29 is 0 Å². The van der Waals surface area contributed by atoms with Crippen LogP contribution < -0.4 is 5.73 Å². The van der Waals surface area contributed by atoms with Crippen LogP contribution in [0.4, 0.5) is 0 Å². The second-order valence-electron chi connectivity index (χ2n) is 6.23. The van der Waals surface area contributed by atoms with E-state index in [1.165, 1.54) is 35.1 Å². The molecular weight excluding hydrogens is 220 g/mol. The highest BCUT2D eigenvalue weighted by atomic mass is 15.1. The van der Waals surface area contributed by atoms with Gasteiger partial charge in [-0.3, -0.25) is 0 Å². The van der Waals surface area contributed by atoms with E-state index in [4.69, 9.17) is 5.73 Å². The molecule has 0 atom stereocenters. The number of likely N-dealkylation sites (N-methyl/N-ethyl adjacent to an activating group) is 1. The molecule has 0 heterocycles. The maximum absolute atomic E-state index is 6.15. The SMILES string of the molecule is Cc1cc(C)c(CCN(C)CC2(N)CC2)c(C)c1. The van der Waals surface area contributed by atoms with Gasteiger partial charge in [0, 0.05) is 18.6 Å². The lowest BCUT2D eigenvalue weighted by Crippen LogP contribution is -2.38. The zero-order valence-electron chi connectivity index (χ0n) is 12.2. The fourth-order valence-corrected chi connectivity index (χ4v) is 2.84. The molecule has 100 valence electrons. The van der Waals surface area contributed by atoms with Crippen LogP contribution in [-0.2, 0) is 6.42 Å². The minimum atomic E-state index is 0.131. The van der Waals surface area contributed by atoms with Crippen molar-refractivity contribution in [2.45, 2.75) is 45.6 Å². The van der Waals surface area contributed by atoms with E-state index in [2.05, 4.69) is 44.9 Å². The van der Waals surface area contributed by atoms with E-state index >= 15 is 0 Å². The van der Waals surface area contributed by atoms with Crippen LogP contribution in [0.25, 0.3) is 0 Å². The Kier molecular flexibility index (Phi) is 3.79. The van der Waals surface area contributed by atoms with E-state index < -0.39 is 0 Å². The van der Waals surface area contributed by atoms with Gasteiger partial charge < -0.3 is 10.6 Å². The van der Waals surface area contributed by atoms with Gasteiger partial charge in [0.2, 0.25) is 0 Å². The van der Waals surface area contributed by atoms with Crippen LogP contribution in [0, 0.1) is 20.8 Å². The van der Waals surface area contributed by atoms with Crippen molar-refractivity contribution >= 4 is 0 Å². The van der Waals surface area contributed by atoms with E-state index in [1.807, 2.05) is 0 Å². The third kappa shape index (κ3) is 3.33. The normalized spacial score (nSPS) is 17.2. The summed E-state index contributed by atoms with van der Waals surface area (Å²) in [7, 11) is 2.19. The quantitative estimate of drug-likeness (QED) is 0.865. The van der Waals surface area contributed by atoms with Crippen LogP contribution >= 0.6 is 0 Å². The smallest absolute Gasteiger partial charge is 0.0284 e. The molecule has 1 fully saturated rings. The van der Waals surface area contributed by atoms with Gasteiger partial charge in [-0.1, -0.05) is 17.7 Å². The van der Waals surface area contributed by atoms with Crippen molar-refractivity contribution in [3.8, 4) is 0 Å². The molecule has 0 aromatic heterocycles. The van der Waals surface area contributed by atoms with Crippen LogP contribution in [0.15, 0.2) is 12.1 Å². The van der Waals surface area contributed by atoms with Crippen molar-refractivity contribution in [1.29, 1.82) is 0 Å². The molecule has 1 aromatic rings. The number of rotatable bonds is 5. The van der Waals surface area contributed by atoms with Crippen molar-refractivity contribution in [2.24, 2.45) is 5.73 Å². The van der Waals surface area contributed by atoms with Crippen molar-refractivity contribution in [3.63, 3.8) is 0 Å². The summed E-state index contributed by atoms with van der Waals surface area (Å²) in [5.74, 6) is 0. The van der Waals surface area contributed by atoms with E-state index in [0.717, 1.165) is 19.5 Å². The van der Waals surface area contributed by atoms with Gasteiger partial charge in [0.25, 0.3) is 0 Å². The first-order valence-corrected chi connectivity index (χ1v) is 6.94. The Morgan fingerprint density at radius 1 is 1.17 bits per heavy atom. The highest BCUT2D eigenvalue weighted by Gasteiger charge is 2.38. The summed E-state index contributed by atoms with van der Waals surface area (Å²) in [6, 6.07) is 4.57. The summed E-state index contributed by atoms with van der Waals surface area (Å²) < 4.78 is 0. The van der Waals surface area contributed by atoms with Crippen molar-refractivity contribution in [2.75, 3.05) is 20.1 Å². The third-order valence-electron chi connectivity index (χ3n) is 4.06. The molecular formula is C16H26N2. The minimum Gasteiger partial charge on any atom is -0.324 e. The first kappa shape index (κ1) is 13.6. The maximum Gasteiger partial charge on any atom is 0.0284 e. The van der Waals surface area contributed by atoms with Gasteiger partial charge >= 0.3 is 0 Å². The molecule has 0 bridgehead atoms. The predicted molar refractivity (Wildman–Crippen MR) is 78.0 cm³/mol. The number of hydrogen-bond acceptors (Lipinski definition) is 2.